The minimum absolute atomic E-state index is 0.125. The highest BCUT2D eigenvalue weighted by Crippen LogP contribution is 2.15. The predicted molar refractivity (Wildman–Crippen MR) is 79.1 cm³/mol. The number of carbonyl (C=O) groups is 1. The molecule has 0 aliphatic carbocycles. The Balaban J connectivity index is 2.08. The fraction of sp³-hybridized carbons (Fsp3) is 0.167. The fourth-order valence-corrected chi connectivity index (χ4v) is 1.92. The lowest BCUT2D eigenvalue weighted by Crippen LogP contribution is -2.24. The van der Waals surface area contributed by atoms with E-state index in [0.29, 0.717) is 11.4 Å². The average Bonchev–Trinajstić information content (AvgIpc) is 2.75. The second-order valence-electron chi connectivity index (χ2n) is 3.93. The molecule has 94 valence electrons. The van der Waals surface area contributed by atoms with Gasteiger partial charge in [0.2, 0.25) is 5.91 Å². The first-order valence-corrected chi connectivity index (χ1v) is 6.50. The van der Waals surface area contributed by atoms with Crippen molar-refractivity contribution in [2.75, 3.05) is 11.1 Å². The van der Waals surface area contributed by atoms with Crippen molar-refractivity contribution in [2.45, 2.75) is 13.0 Å². The van der Waals surface area contributed by atoms with E-state index < -0.39 is 0 Å². The number of anilines is 2. The van der Waals surface area contributed by atoms with E-state index in [1.807, 2.05) is 6.20 Å². The summed E-state index contributed by atoms with van der Waals surface area (Å²) in [5, 5.41) is 6.93. The van der Waals surface area contributed by atoms with Crippen LogP contribution < -0.4 is 11.1 Å². The van der Waals surface area contributed by atoms with Gasteiger partial charge in [-0.2, -0.15) is 5.10 Å². The molecule has 0 saturated heterocycles. The summed E-state index contributed by atoms with van der Waals surface area (Å²) in [5.41, 5.74) is 6.96. The zero-order chi connectivity index (χ0) is 13.1. The standard InChI is InChI=1S/C12H13IN4O/c1-8(17-7-9(13)6-15-17)12(18)16-11-4-2-3-10(14)5-11/h2-8H,14H2,1H3,(H,16,18). The molecule has 2 aromatic rings. The Labute approximate surface area is 119 Å². The number of hydrogen-bond acceptors (Lipinski definition) is 3. The molecule has 0 aliphatic heterocycles. The fourth-order valence-electron chi connectivity index (χ4n) is 1.51. The van der Waals surface area contributed by atoms with E-state index in [0.717, 1.165) is 3.57 Å². The summed E-state index contributed by atoms with van der Waals surface area (Å²) >= 11 is 2.15. The minimum atomic E-state index is -0.366. The lowest BCUT2D eigenvalue weighted by molar-refractivity contribution is -0.119. The molecule has 1 atom stereocenters. The van der Waals surface area contributed by atoms with Crippen LogP contribution in [0.4, 0.5) is 11.4 Å². The largest absolute Gasteiger partial charge is 0.399 e. The van der Waals surface area contributed by atoms with Crippen LogP contribution in [0.15, 0.2) is 36.7 Å². The maximum absolute atomic E-state index is 12.0. The van der Waals surface area contributed by atoms with Crippen LogP contribution in [0.1, 0.15) is 13.0 Å². The summed E-state index contributed by atoms with van der Waals surface area (Å²) in [5.74, 6) is -0.125. The molecule has 1 aromatic carbocycles. The van der Waals surface area contributed by atoms with E-state index in [4.69, 9.17) is 5.73 Å². The van der Waals surface area contributed by atoms with E-state index in [9.17, 15) is 4.79 Å². The van der Waals surface area contributed by atoms with Crippen molar-refractivity contribution in [1.82, 2.24) is 9.78 Å². The zero-order valence-corrected chi connectivity index (χ0v) is 12.0. The number of carbonyl (C=O) groups excluding carboxylic acids is 1. The summed E-state index contributed by atoms with van der Waals surface area (Å²) in [6.07, 6.45) is 3.54. The molecule has 5 nitrogen and oxygen atoms in total. The highest BCUT2D eigenvalue weighted by Gasteiger charge is 2.15. The molecule has 0 spiro atoms. The van der Waals surface area contributed by atoms with Crippen molar-refractivity contribution in [2.24, 2.45) is 0 Å². The molecule has 0 fully saturated rings. The number of hydrogen-bond donors (Lipinski definition) is 2. The Morgan fingerprint density at radius 3 is 2.94 bits per heavy atom. The Hall–Kier alpha value is -1.57. The van der Waals surface area contributed by atoms with Gasteiger partial charge in [-0.3, -0.25) is 9.48 Å². The summed E-state index contributed by atoms with van der Waals surface area (Å²) < 4.78 is 2.62. The van der Waals surface area contributed by atoms with Gasteiger partial charge in [0.25, 0.3) is 0 Å². The summed E-state index contributed by atoms with van der Waals surface area (Å²) in [7, 11) is 0. The normalized spacial score (nSPS) is 12.1. The molecule has 0 saturated carbocycles. The molecule has 1 amide bonds. The highest BCUT2D eigenvalue weighted by molar-refractivity contribution is 14.1. The molecule has 3 N–H and O–H groups in total. The summed E-state index contributed by atoms with van der Waals surface area (Å²) in [4.78, 5) is 12.0. The molecule has 0 bridgehead atoms. The van der Waals surface area contributed by atoms with Crippen LogP contribution in [0.5, 0.6) is 0 Å². The number of nitrogen functional groups attached to an aromatic ring is 1. The van der Waals surface area contributed by atoms with Crippen LogP contribution >= 0.6 is 22.6 Å². The monoisotopic (exact) mass is 356 g/mol. The van der Waals surface area contributed by atoms with Gasteiger partial charge in [0.05, 0.1) is 9.77 Å². The van der Waals surface area contributed by atoms with Crippen LogP contribution in [0.3, 0.4) is 0 Å². The van der Waals surface area contributed by atoms with E-state index in [-0.39, 0.29) is 11.9 Å². The van der Waals surface area contributed by atoms with Gasteiger partial charge in [-0.25, -0.2) is 0 Å². The average molecular weight is 356 g/mol. The van der Waals surface area contributed by atoms with Crippen LogP contribution in [0.2, 0.25) is 0 Å². The smallest absolute Gasteiger partial charge is 0.248 e. The summed E-state index contributed by atoms with van der Waals surface area (Å²) in [6.45, 7) is 1.80. The number of nitrogens with zero attached hydrogens (tertiary/aromatic N) is 2. The van der Waals surface area contributed by atoms with Crippen LogP contribution in [-0.2, 0) is 4.79 Å². The maximum atomic E-state index is 12.0. The predicted octanol–water partition coefficient (Wildman–Crippen LogP) is 2.27. The molecule has 1 aromatic heterocycles. The first-order chi connectivity index (χ1) is 8.56. The van der Waals surface area contributed by atoms with Gasteiger partial charge in [-0.05, 0) is 47.7 Å². The summed E-state index contributed by atoms with van der Waals surface area (Å²) in [6, 6.07) is 6.72. The third-order valence-electron chi connectivity index (χ3n) is 2.50. The number of rotatable bonds is 3. The Morgan fingerprint density at radius 2 is 2.33 bits per heavy atom. The SMILES string of the molecule is CC(C(=O)Nc1cccc(N)c1)n1cc(I)cn1. The first-order valence-electron chi connectivity index (χ1n) is 5.42. The molecular weight excluding hydrogens is 343 g/mol. The Morgan fingerprint density at radius 1 is 1.56 bits per heavy atom. The van der Waals surface area contributed by atoms with Crippen LogP contribution in [0, 0.1) is 3.57 Å². The van der Waals surface area contributed by atoms with Crippen molar-refractivity contribution in [3.05, 3.63) is 40.2 Å². The molecule has 1 unspecified atom stereocenters. The van der Waals surface area contributed by atoms with Gasteiger partial charge in [0, 0.05) is 17.6 Å². The van der Waals surface area contributed by atoms with Crippen molar-refractivity contribution in [3.63, 3.8) is 0 Å². The number of amides is 1. The second kappa shape index (κ2) is 5.38. The lowest BCUT2D eigenvalue weighted by atomic mass is 10.2. The second-order valence-corrected chi connectivity index (χ2v) is 5.17. The molecule has 0 aliphatic rings. The van der Waals surface area contributed by atoms with E-state index in [1.165, 1.54) is 0 Å². The molecule has 1 heterocycles. The number of aromatic nitrogens is 2. The number of halogens is 1. The minimum Gasteiger partial charge on any atom is -0.399 e. The van der Waals surface area contributed by atoms with Crippen LogP contribution in [-0.4, -0.2) is 15.7 Å². The highest BCUT2D eigenvalue weighted by atomic mass is 127. The van der Waals surface area contributed by atoms with Gasteiger partial charge >= 0.3 is 0 Å². The van der Waals surface area contributed by atoms with Gasteiger partial charge < -0.3 is 11.1 Å². The van der Waals surface area contributed by atoms with E-state index >= 15 is 0 Å². The number of benzene rings is 1. The quantitative estimate of drug-likeness (QED) is 0.655. The lowest BCUT2D eigenvalue weighted by Gasteiger charge is -2.12. The molecule has 2 rings (SSSR count). The van der Waals surface area contributed by atoms with E-state index in [1.54, 1.807) is 42.1 Å². The molecule has 6 heteroatoms. The van der Waals surface area contributed by atoms with E-state index in [2.05, 4.69) is 33.0 Å². The number of nitrogens with one attached hydrogen (secondary N) is 1. The topological polar surface area (TPSA) is 72.9 Å². The number of nitrogens with two attached hydrogens (primary N) is 1. The van der Waals surface area contributed by atoms with Gasteiger partial charge in [0.15, 0.2) is 0 Å². The zero-order valence-electron chi connectivity index (χ0n) is 9.80. The Bertz CT molecular complexity index is 567. The maximum Gasteiger partial charge on any atom is 0.248 e. The van der Waals surface area contributed by atoms with Gasteiger partial charge in [0.1, 0.15) is 6.04 Å². The molecule has 18 heavy (non-hydrogen) atoms. The van der Waals surface area contributed by atoms with Gasteiger partial charge in [-0.1, -0.05) is 6.07 Å². The first kappa shape index (κ1) is 12.9. The van der Waals surface area contributed by atoms with Crippen LogP contribution in [0.25, 0.3) is 0 Å². The van der Waals surface area contributed by atoms with Crippen molar-refractivity contribution in [3.8, 4) is 0 Å². The Kier molecular flexibility index (Phi) is 3.85. The van der Waals surface area contributed by atoms with Crippen molar-refractivity contribution < 1.29 is 4.79 Å². The molecule has 0 radical (unpaired) electrons. The third kappa shape index (κ3) is 3.00. The third-order valence-corrected chi connectivity index (χ3v) is 3.06. The van der Waals surface area contributed by atoms with Crippen molar-refractivity contribution >= 4 is 39.9 Å². The molecular formula is C12H13IN4O. The van der Waals surface area contributed by atoms with Gasteiger partial charge in [-0.15, -0.1) is 0 Å². The van der Waals surface area contributed by atoms with Crippen molar-refractivity contribution in [1.29, 1.82) is 0 Å².